The second-order valence-corrected chi connectivity index (χ2v) is 5.73. The summed E-state index contributed by atoms with van der Waals surface area (Å²) < 4.78 is 0. The quantitative estimate of drug-likeness (QED) is 0.882. The van der Waals surface area contributed by atoms with Crippen LogP contribution in [0, 0.1) is 0 Å². The normalized spacial score (nSPS) is 23.9. The molecule has 2 heterocycles. The lowest BCUT2D eigenvalue weighted by atomic mass is 10.2. The lowest BCUT2D eigenvalue weighted by Gasteiger charge is -2.25. The van der Waals surface area contributed by atoms with E-state index in [1.165, 1.54) is 24.2 Å². The fourth-order valence-corrected chi connectivity index (χ4v) is 2.97. The molecule has 0 radical (unpaired) electrons. The van der Waals surface area contributed by atoms with Gasteiger partial charge in [0.1, 0.15) is 4.88 Å². The first-order chi connectivity index (χ1) is 8.34. The minimum atomic E-state index is 0.170. The Hall–Kier alpha value is -0.940. The minimum absolute atomic E-state index is 0.170. The average molecular weight is 251 g/mol. The van der Waals surface area contributed by atoms with Gasteiger partial charge in [0, 0.05) is 18.6 Å². The molecule has 1 atom stereocenters. The van der Waals surface area contributed by atoms with Gasteiger partial charge in [-0.05, 0) is 32.2 Å². The number of amides is 1. The number of hydrogen-bond donors (Lipinski definition) is 1. The largest absolute Gasteiger partial charge is 0.333 e. The Morgan fingerprint density at radius 2 is 2.41 bits per heavy atom. The summed E-state index contributed by atoms with van der Waals surface area (Å²) in [5.41, 5.74) is 1.73. The SMILES string of the molecule is O=C(c1cncs1)N(CC1CCCN1)C1CC1. The molecule has 3 rings (SSSR count). The smallest absolute Gasteiger partial charge is 0.265 e. The first-order valence-corrected chi connectivity index (χ1v) is 7.15. The van der Waals surface area contributed by atoms with Gasteiger partial charge in [0.2, 0.25) is 0 Å². The topological polar surface area (TPSA) is 45.2 Å². The number of thiazole rings is 1. The van der Waals surface area contributed by atoms with Crippen LogP contribution in [0.4, 0.5) is 0 Å². The van der Waals surface area contributed by atoms with E-state index in [4.69, 9.17) is 0 Å². The standard InChI is InChI=1S/C12H17N3OS/c16-12(11-6-13-8-17-11)15(10-3-4-10)7-9-2-1-5-14-9/h6,8-10,14H,1-5,7H2. The van der Waals surface area contributed by atoms with Crippen LogP contribution >= 0.6 is 11.3 Å². The van der Waals surface area contributed by atoms with Crippen molar-refractivity contribution in [3.05, 3.63) is 16.6 Å². The van der Waals surface area contributed by atoms with E-state index in [1.54, 1.807) is 11.7 Å². The lowest BCUT2D eigenvalue weighted by Crippen LogP contribution is -2.42. The molecule has 92 valence electrons. The second kappa shape index (κ2) is 4.74. The summed E-state index contributed by atoms with van der Waals surface area (Å²) in [6, 6.07) is 0.972. The molecule has 2 aliphatic rings. The molecule has 1 aromatic rings. The van der Waals surface area contributed by atoms with Crippen molar-refractivity contribution in [2.75, 3.05) is 13.1 Å². The van der Waals surface area contributed by atoms with E-state index in [1.807, 2.05) is 0 Å². The van der Waals surface area contributed by atoms with Crippen molar-refractivity contribution in [1.29, 1.82) is 0 Å². The molecule has 1 aromatic heterocycles. The first-order valence-electron chi connectivity index (χ1n) is 6.27. The molecule has 4 nitrogen and oxygen atoms in total. The van der Waals surface area contributed by atoms with Crippen LogP contribution in [0.1, 0.15) is 35.4 Å². The number of aromatic nitrogens is 1. The van der Waals surface area contributed by atoms with Gasteiger partial charge in [-0.3, -0.25) is 9.78 Å². The van der Waals surface area contributed by atoms with E-state index in [9.17, 15) is 4.79 Å². The van der Waals surface area contributed by atoms with Gasteiger partial charge >= 0.3 is 0 Å². The molecule has 0 spiro atoms. The predicted octanol–water partition coefficient (Wildman–Crippen LogP) is 1.50. The summed E-state index contributed by atoms with van der Waals surface area (Å²) >= 11 is 1.44. The number of hydrogen-bond acceptors (Lipinski definition) is 4. The van der Waals surface area contributed by atoms with Crippen LogP contribution in [0.15, 0.2) is 11.7 Å². The summed E-state index contributed by atoms with van der Waals surface area (Å²) in [4.78, 5) is 19.2. The number of carbonyl (C=O) groups is 1. The summed E-state index contributed by atoms with van der Waals surface area (Å²) in [6.45, 7) is 1.96. The molecule has 1 aliphatic carbocycles. The molecular formula is C12H17N3OS. The summed E-state index contributed by atoms with van der Waals surface area (Å²) in [6.07, 6.45) is 6.44. The van der Waals surface area contributed by atoms with Gasteiger partial charge in [-0.15, -0.1) is 11.3 Å². The molecule has 5 heteroatoms. The highest BCUT2D eigenvalue weighted by molar-refractivity contribution is 7.11. The highest BCUT2D eigenvalue weighted by Gasteiger charge is 2.35. The first kappa shape index (κ1) is 11.2. The Bertz CT molecular complexity index is 382. The number of carbonyl (C=O) groups excluding carboxylic acids is 1. The maximum atomic E-state index is 12.3. The molecule has 0 bridgehead atoms. The van der Waals surface area contributed by atoms with Crippen molar-refractivity contribution < 1.29 is 4.79 Å². The number of rotatable bonds is 4. The van der Waals surface area contributed by atoms with Crippen LogP contribution in [0.3, 0.4) is 0 Å². The Labute approximate surface area is 105 Å². The van der Waals surface area contributed by atoms with Gasteiger partial charge in [0.25, 0.3) is 5.91 Å². The van der Waals surface area contributed by atoms with Crippen LogP contribution in [0.25, 0.3) is 0 Å². The van der Waals surface area contributed by atoms with E-state index in [0.29, 0.717) is 12.1 Å². The molecule has 1 aliphatic heterocycles. The Morgan fingerprint density at radius 3 is 3.00 bits per heavy atom. The van der Waals surface area contributed by atoms with Crippen molar-refractivity contribution in [3.8, 4) is 0 Å². The molecule has 1 saturated heterocycles. The molecule has 1 saturated carbocycles. The Morgan fingerprint density at radius 1 is 1.53 bits per heavy atom. The highest BCUT2D eigenvalue weighted by atomic mass is 32.1. The minimum Gasteiger partial charge on any atom is -0.333 e. The third-order valence-corrected chi connectivity index (χ3v) is 4.23. The van der Waals surface area contributed by atoms with Gasteiger partial charge in [-0.2, -0.15) is 0 Å². The summed E-state index contributed by atoms with van der Waals surface area (Å²) in [5.74, 6) is 0.170. The van der Waals surface area contributed by atoms with Gasteiger partial charge in [0.15, 0.2) is 0 Å². The van der Waals surface area contributed by atoms with Crippen molar-refractivity contribution in [3.63, 3.8) is 0 Å². The zero-order chi connectivity index (χ0) is 11.7. The van der Waals surface area contributed by atoms with E-state index in [0.717, 1.165) is 30.8 Å². The van der Waals surface area contributed by atoms with E-state index in [-0.39, 0.29) is 5.91 Å². The van der Waals surface area contributed by atoms with Gasteiger partial charge < -0.3 is 10.2 Å². The van der Waals surface area contributed by atoms with E-state index >= 15 is 0 Å². The highest BCUT2D eigenvalue weighted by Crippen LogP contribution is 2.29. The van der Waals surface area contributed by atoms with Crippen molar-refractivity contribution in [2.24, 2.45) is 0 Å². The maximum Gasteiger partial charge on any atom is 0.265 e. The third-order valence-electron chi connectivity index (χ3n) is 3.47. The number of nitrogens with zero attached hydrogens (tertiary/aromatic N) is 2. The van der Waals surface area contributed by atoms with E-state index in [2.05, 4.69) is 15.2 Å². The fourth-order valence-electron chi connectivity index (χ4n) is 2.40. The predicted molar refractivity (Wildman–Crippen MR) is 67.2 cm³/mol. The Balaban J connectivity index is 1.69. The monoisotopic (exact) mass is 251 g/mol. The molecule has 1 amide bonds. The fraction of sp³-hybridized carbons (Fsp3) is 0.667. The summed E-state index contributed by atoms with van der Waals surface area (Å²) in [7, 11) is 0. The van der Waals surface area contributed by atoms with E-state index < -0.39 is 0 Å². The van der Waals surface area contributed by atoms with Crippen molar-refractivity contribution in [2.45, 2.75) is 37.8 Å². The maximum absolute atomic E-state index is 12.3. The average Bonchev–Trinajstić information content (AvgIpc) is 2.86. The van der Waals surface area contributed by atoms with Gasteiger partial charge in [-0.25, -0.2) is 0 Å². The molecule has 17 heavy (non-hydrogen) atoms. The second-order valence-electron chi connectivity index (χ2n) is 4.85. The van der Waals surface area contributed by atoms with Crippen molar-refractivity contribution in [1.82, 2.24) is 15.2 Å². The van der Waals surface area contributed by atoms with Crippen LogP contribution in [0.5, 0.6) is 0 Å². The van der Waals surface area contributed by atoms with Crippen LogP contribution in [-0.2, 0) is 0 Å². The van der Waals surface area contributed by atoms with Crippen molar-refractivity contribution >= 4 is 17.2 Å². The van der Waals surface area contributed by atoms with Gasteiger partial charge in [0.05, 0.1) is 11.7 Å². The molecule has 0 aromatic carbocycles. The molecule has 2 fully saturated rings. The zero-order valence-corrected chi connectivity index (χ0v) is 10.6. The molecular weight excluding hydrogens is 234 g/mol. The van der Waals surface area contributed by atoms with Gasteiger partial charge in [-0.1, -0.05) is 0 Å². The Kier molecular flexibility index (Phi) is 3.11. The van der Waals surface area contributed by atoms with Crippen LogP contribution < -0.4 is 5.32 Å². The van der Waals surface area contributed by atoms with Crippen LogP contribution in [-0.4, -0.2) is 41.0 Å². The number of nitrogens with one attached hydrogen (secondary N) is 1. The lowest BCUT2D eigenvalue weighted by molar-refractivity contribution is 0.0733. The third kappa shape index (κ3) is 2.50. The zero-order valence-electron chi connectivity index (χ0n) is 9.76. The molecule has 1 unspecified atom stereocenters. The molecule has 1 N–H and O–H groups in total. The van der Waals surface area contributed by atoms with Crippen LogP contribution in [0.2, 0.25) is 0 Å². The summed E-state index contributed by atoms with van der Waals surface area (Å²) in [5, 5.41) is 3.46.